The summed E-state index contributed by atoms with van der Waals surface area (Å²) in [7, 11) is 0.277. The molecule has 0 aliphatic rings. The third-order valence-electron chi connectivity index (χ3n) is 3.70. The maximum absolute atomic E-state index is 5.83. The number of rotatable bonds is 8. The smallest absolute Gasteiger partial charge is 1.00 e. The molecule has 0 aliphatic heterocycles. The third kappa shape index (κ3) is 31.9. The van der Waals surface area contributed by atoms with E-state index in [2.05, 4.69) is 81.0 Å². The van der Waals surface area contributed by atoms with E-state index in [4.69, 9.17) is 9.47 Å². The first-order valence-electron chi connectivity index (χ1n) is 7.86. The number of ether oxygens (including phenoxy) is 2. The monoisotopic (exact) mass is 660 g/mol. The molecule has 0 spiro atoms. The van der Waals surface area contributed by atoms with Gasteiger partial charge in [0.25, 0.3) is 0 Å². The molecule has 12 heteroatoms. The van der Waals surface area contributed by atoms with Gasteiger partial charge in [0, 0.05) is 0 Å². The van der Waals surface area contributed by atoms with Crippen LogP contribution in [0.1, 0.15) is 27.7 Å². The van der Waals surface area contributed by atoms with Gasteiger partial charge in [-0.25, -0.2) is 0 Å². The van der Waals surface area contributed by atoms with Crippen LogP contribution < -0.4 is 62.0 Å². The molecule has 0 bridgehead atoms. The van der Waals surface area contributed by atoms with Crippen LogP contribution in [-0.4, -0.2) is 76.7 Å². The summed E-state index contributed by atoms with van der Waals surface area (Å²) in [5.41, 5.74) is 0. The van der Waals surface area contributed by atoms with E-state index in [0.29, 0.717) is 23.4 Å². The van der Waals surface area contributed by atoms with Gasteiger partial charge in [-0.2, -0.15) is 0 Å². The van der Waals surface area contributed by atoms with Crippen LogP contribution in [0.2, 0.25) is 0 Å². The molecule has 2 nitrogen and oxygen atoms in total. The Labute approximate surface area is 226 Å². The van der Waals surface area contributed by atoms with E-state index in [0.717, 1.165) is 0 Å². The average molecular weight is 664 g/mol. The first-order valence-corrected chi connectivity index (χ1v) is 17.1. The molecule has 4 unspecified atom stereocenters. The predicted octanol–water partition coefficient (Wildman–Crippen LogP) is -8.63. The van der Waals surface area contributed by atoms with E-state index in [1.54, 1.807) is 0 Å². The molecule has 0 aromatic rings. The van der Waals surface area contributed by atoms with Gasteiger partial charge in [0.1, 0.15) is 0 Å². The maximum Gasteiger partial charge on any atom is 5.00 e. The SMILES string of the molecule is CC(OC(C)P(C)C)P(C)C.CC(OC(C)P(C)C)P(C)C.[Cl-].[Cl-].[Cl-].[Cl-].[Cl-].[Tc+5]. The fraction of sp³-hybridized carbons (Fsp3) is 1.00. The van der Waals surface area contributed by atoms with Gasteiger partial charge in [0.15, 0.2) is 0 Å². The second-order valence-electron chi connectivity index (χ2n) is 6.52. The topological polar surface area (TPSA) is 18.5 Å². The standard InChI is InChI=1S/2C8H20OP2.5ClH.Tc/c2*1-7(10(3)4)9-8(2)11(5)6;;;;;;/h2*7-8H,1-6H3;5*1H;/q;;;;;;;+5/p-5. The van der Waals surface area contributed by atoms with Gasteiger partial charge in [0.2, 0.25) is 0 Å². The minimum atomic E-state index is 0. The zero-order valence-corrected chi connectivity index (χ0v) is 28.4. The summed E-state index contributed by atoms with van der Waals surface area (Å²) in [6, 6.07) is 0. The summed E-state index contributed by atoms with van der Waals surface area (Å²) in [5.74, 6) is 1.85. The third-order valence-corrected chi connectivity index (χ3v) is 10.0. The van der Waals surface area contributed by atoms with Crippen molar-refractivity contribution in [3.63, 3.8) is 0 Å². The van der Waals surface area contributed by atoms with E-state index in [1.165, 1.54) is 0 Å². The molecule has 0 saturated carbocycles. The second-order valence-corrected chi connectivity index (χ2v) is 17.1. The van der Waals surface area contributed by atoms with E-state index in [9.17, 15) is 0 Å². The first kappa shape index (κ1) is 53.2. The molecule has 0 aromatic heterocycles. The molecule has 0 saturated heterocycles. The first-order chi connectivity index (χ1) is 9.89. The van der Waals surface area contributed by atoms with Gasteiger partial charge in [-0.3, -0.25) is 0 Å². The largest absolute Gasteiger partial charge is 5.00 e. The Bertz CT molecular complexity index is 235. The molecule has 0 heterocycles. The molecule has 0 amide bonds. The second kappa shape index (κ2) is 30.7. The summed E-state index contributed by atoms with van der Waals surface area (Å²) in [6.07, 6.45) is 0. The summed E-state index contributed by atoms with van der Waals surface area (Å²) >= 11 is 0. The van der Waals surface area contributed by atoms with Gasteiger partial charge < -0.3 is 71.5 Å². The number of hydrogen-bond donors (Lipinski definition) is 0. The van der Waals surface area contributed by atoms with Crippen LogP contribution in [-0.2, 0) is 29.6 Å². The quantitative estimate of drug-likeness (QED) is 0.241. The van der Waals surface area contributed by atoms with Crippen LogP contribution in [0.25, 0.3) is 0 Å². The van der Waals surface area contributed by atoms with Crippen LogP contribution >= 0.6 is 31.7 Å². The Morgan fingerprint density at radius 1 is 0.393 bits per heavy atom. The molecule has 4 atom stereocenters. The molecule has 0 rings (SSSR count). The summed E-state index contributed by atoms with van der Waals surface area (Å²) in [4.78, 5) is 0. The van der Waals surface area contributed by atoms with Crippen molar-refractivity contribution >= 4 is 31.7 Å². The molecule has 0 N–H and O–H groups in total. The van der Waals surface area contributed by atoms with E-state index in [1.807, 2.05) is 0 Å². The van der Waals surface area contributed by atoms with Crippen molar-refractivity contribution in [2.75, 3.05) is 53.3 Å². The van der Waals surface area contributed by atoms with Crippen LogP contribution in [0.3, 0.4) is 0 Å². The number of hydrogen-bond acceptors (Lipinski definition) is 2. The van der Waals surface area contributed by atoms with Crippen molar-refractivity contribution in [3.8, 4) is 0 Å². The van der Waals surface area contributed by atoms with Crippen molar-refractivity contribution in [1.82, 2.24) is 0 Å². The van der Waals surface area contributed by atoms with Crippen LogP contribution in [0, 0.1) is 0 Å². The normalized spacial score (nSPS) is 13.7. The molecule has 28 heavy (non-hydrogen) atoms. The van der Waals surface area contributed by atoms with Crippen molar-refractivity contribution in [2.45, 2.75) is 51.1 Å². The van der Waals surface area contributed by atoms with Crippen LogP contribution in [0.5, 0.6) is 0 Å². The molecule has 0 aromatic carbocycles. The molecule has 0 radical (unpaired) electrons. The summed E-state index contributed by atoms with van der Waals surface area (Å²) in [5, 5.41) is 0. The van der Waals surface area contributed by atoms with Crippen LogP contribution in [0.15, 0.2) is 0 Å². The zero-order valence-electron chi connectivity index (χ0n) is 19.2. The van der Waals surface area contributed by atoms with E-state index >= 15 is 0 Å². The Balaban J connectivity index is -0.0000000392. The Hall–Kier alpha value is 3.74. The summed E-state index contributed by atoms with van der Waals surface area (Å²) < 4.78 is 11.7. The van der Waals surface area contributed by atoms with Crippen molar-refractivity contribution in [2.24, 2.45) is 0 Å². The van der Waals surface area contributed by atoms with Gasteiger partial charge in [-0.1, -0.05) is 31.7 Å². The maximum atomic E-state index is 5.83. The molecule has 0 aliphatic carbocycles. The zero-order chi connectivity index (χ0) is 18.0. The van der Waals surface area contributed by atoms with Gasteiger partial charge in [-0.15, -0.1) is 0 Å². The van der Waals surface area contributed by atoms with Gasteiger partial charge in [-0.05, 0) is 81.0 Å². The van der Waals surface area contributed by atoms with Crippen LogP contribution in [0.4, 0.5) is 0 Å². The Morgan fingerprint density at radius 3 is 0.571 bits per heavy atom. The van der Waals surface area contributed by atoms with Crippen molar-refractivity contribution in [3.05, 3.63) is 0 Å². The van der Waals surface area contributed by atoms with Gasteiger partial charge in [0.05, 0.1) is 23.4 Å². The minimum Gasteiger partial charge on any atom is -1.00 e. The Morgan fingerprint density at radius 2 is 0.500 bits per heavy atom. The average Bonchev–Trinajstić information content (AvgIpc) is 2.38. The predicted molar refractivity (Wildman–Crippen MR) is 115 cm³/mol. The van der Waals surface area contributed by atoms with Crippen molar-refractivity contribution < 1.29 is 91.6 Å². The molecular formula is C16H40Cl5O2P4Tc. The molecular weight excluding hydrogens is 623 g/mol. The Kier molecular flexibility index (Phi) is 58.4. The minimum absolute atomic E-state index is 0. The molecule has 178 valence electrons. The van der Waals surface area contributed by atoms with E-state index < -0.39 is 0 Å². The fourth-order valence-corrected chi connectivity index (χ4v) is 2.95. The number of halogens is 5. The fourth-order valence-electron chi connectivity index (χ4n) is 1.06. The van der Waals surface area contributed by atoms with Gasteiger partial charge >= 0.3 is 20.1 Å². The summed E-state index contributed by atoms with van der Waals surface area (Å²) in [6.45, 7) is 26.8. The van der Waals surface area contributed by atoms with E-state index in [-0.39, 0.29) is 114 Å². The molecule has 0 fully saturated rings. The van der Waals surface area contributed by atoms with Crippen molar-refractivity contribution in [1.29, 1.82) is 0 Å².